The summed E-state index contributed by atoms with van der Waals surface area (Å²) in [6.07, 6.45) is 0. The van der Waals surface area contributed by atoms with Crippen LogP contribution in [0.15, 0.2) is 0 Å². The minimum absolute atomic E-state index is 0.0664. The van der Waals surface area contributed by atoms with Crippen molar-refractivity contribution in [1.82, 2.24) is 14.6 Å². The van der Waals surface area contributed by atoms with E-state index < -0.39 is 0 Å². The van der Waals surface area contributed by atoms with Gasteiger partial charge in [0.25, 0.3) is 5.91 Å². The van der Waals surface area contributed by atoms with Crippen LogP contribution in [0.2, 0.25) is 0 Å². The molecular formula is C12H21N5OS. The molecule has 0 saturated carbocycles. The van der Waals surface area contributed by atoms with E-state index in [4.69, 9.17) is 5.73 Å². The van der Waals surface area contributed by atoms with Crippen molar-refractivity contribution in [1.29, 1.82) is 0 Å². The molecule has 0 atom stereocenters. The van der Waals surface area contributed by atoms with E-state index in [1.54, 1.807) is 7.05 Å². The molecule has 1 amide bonds. The number of carbonyl (C=O) groups excluding carboxylic acids is 1. The van der Waals surface area contributed by atoms with Gasteiger partial charge in [-0.15, -0.1) is 0 Å². The number of amides is 1. The van der Waals surface area contributed by atoms with Gasteiger partial charge in [-0.05, 0) is 32.4 Å². The van der Waals surface area contributed by atoms with Crippen molar-refractivity contribution >= 4 is 28.3 Å². The van der Waals surface area contributed by atoms with Crippen LogP contribution in [0.1, 0.15) is 24.2 Å². The summed E-state index contributed by atoms with van der Waals surface area (Å²) < 4.78 is 4.13. The molecular weight excluding hydrogens is 262 g/mol. The van der Waals surface area contributed by atoms with Gasteiger partial charge in [0, 0.05) is 32.2 Å². The third-order valence-electron chi connectivity index (χ3n) is 3.76. The van der Waals surface area contributed by atoms with Crippen LogP contribution in [0.25, 0.3) is 0 Å². The molecule has 1 fully saturated rings. The van der Waals surface area contributed by atoms with E-state index in [2.05, 4.69) is 40.4 Å². The zero-order chi connectivity index (χ0) is 14.2. The third-order valence-corrected chi connectivity index (χ3v) is 4.68. The standard InChI is InChI=1S/C12H21N5OS/c1-12(2)7-17(6-5-16(12)4)11-8(10(18)14-3)9(13)15-19-11/h5-7H2,1-4H3,(H2,13,15)(H,14,18). The lowest BCUT2D eigenvalue weighted by atomic mass is 10.00. The van der Waals surface area contributed by atoms with Gasteiger partial charge >= 0.3 is 0 Å². The number of likely N-dealkylation sites (N-methyl/N-ethyl adjacent to an activating group) is 1. The maximum absolute atomic E-state index is 11.9. The summed E-state index contributed by atoms with van der Waals surface area (Å²) in [7, 11) is 3.73. The molecule has 0 aromatic carbocycles. The molecule has 0 unspecified atom stereocenters. The van der Waals surface area contributed by atoms with E-state index >= 15 is 0 Å². The number of piperazine rings is 1. The van der Waals surface area contributed by atoms with Crippen LogP contribution in [0.4, 0.5) is 10.8 Å². The van der Waals surface area contributed by atoms with E-state index in [1.807, 2.05) is 0 Å². The summed E-state index contributed by atoms with van der Waals surface area (Å²) in [5, 5.41) is 3.50. The molecule has 19 heavy (non-hydrogen) atoms. The lowest BCUT2D eigenvalue weighted by molar-refractivity contribution is 0.0963. The maximum atomic E-state index is 11.9. The highest BCUT2D eigenvalue weighted by Gasteiger charge is 2.34. The van der Waals surface area contributed by atoms with Gasteiger partial charge in [-0.1, -0.05) is 0 Å². The SMILES string of the molecule is CNC(=O)c1c(N)nsc1N1CCN(C)C(C)(C)C1. The predicted molar refractivity (Wildman–Crippen MR) is 78.8 cm³/mol. The van der Waals surface area contributed by atoms with Gasteiger partial charge in [-0.2, -0.15) is 4.37 Å². The molecule has 3 N–H and O–H groups in total. The number of carbonyl (C=O) groups is 1. The van der Waals surface area contributed by atoms with Gasteiger partial charge in [-0.3, -0.25) is 9.69 Å². The second kappa shape index (κ2) is 4.97. The molecule has 2 heterocycles. The Labute approximate surface area is 117 Å². The first-order valence-electron chi connectivity index (χ1n) is 6.30. The Hall–Kier alpha value is -1.34. The molecule has 0 radical (unpaired) electrons. The summed E-state index contributed by atoms with van der Waals surface area (Å²) in [6.45, 7) is 7.09. The zero-order valence-corrected chi connectivity index (χ0v) is 12.7. The number of rotatable bonds is 2. The van der Waals surface area contributed by atoms with Crippen LogP contribution in [0, 0.1) is 0 Å². The topological polar surface area (TPSA) is 74.5 Å². The highest BCUT2D eigenvalue weighted by molar-refractivity contribution is 7.11. The molecule has 2 rings (SSSR count). The summed E-state index contributed by atoms with van der Waals surface area (Å²) in [5.41, 5.74) is 6.39. The largest absolute Gasteiger partial charge is 0.382 e. The van der Waals surface area contributed by atoms with Crippen molar-refractivity contribution in [3.63, 3.8) is 0 Å². The molecule has 0 aliphatic carbocycles. The van der Waals surface area contributed by atoms with Crippen molar-refractivity contribution < 1.29 is 4.79 Å². The molecule has 6 nitrogen and oxygen atoms in total. The van der Waals surface area contributed by atoms with E-state index in [-0.39, 0.29) is 11.4 Å². The van der Waals surface area contributed by atoms with E-state index in [1.165, 1.54) is 11.5 Å². The highest BCUT2D eigenvalue weighted by atomic mass is 32.1. The minimum atomic E-state index is -0.169. The molecule has 1 aromatic rings. The monoisotopic (exact) mass is 283 g/mol. The van der Waals surface area contributed by atoms with Crippen molar-refractivity contribution in [2.45, 2.75) is 19.4 Å². The fraction of sp³-hybridized carbons (Fsp3) is 0.667. The minimum Gasteiger partial charge on any atom is -0.382 e. The van der Waals surface area contributed by atoms with Crippen molar-refractivity contribution in [2.24, 2.45) is 0 Å². The number of nitrogens with one attached hydrogen (secondary N) is 1. The first-order chi connectivity index (χ1) is 8.86. The predicted octanol–water partition coefficient (Wildman–Crippen LogP) is 0.615. The zero-order valence-electron chi connectivity index (χ0n) is 11.9. The second-order valence-corrected chi connectivity index (χ2v) is 6.23. The Morgan fingerprint density at radius 3 is 2.74 bits per heavy atom. The average Bonchev–Trinajstić information content (AvgIpc) is 2.73. The van der Waals surface area contributed by atoms with Gasteiger partial charge in [0.1, 0.15) is 10.6 Å². The first kappa shape index (κ1) is 14.1. The Kier molecular flexibility index (Phi) is 3.69. The van der Waals surface area contributed by atoms with Crippen molar-refractivity contribution in [3.8, 4) is 0 Å². The van der Waals surface area contributed by atoms with Crippen LogP contribution in [0.3, 0.4) is 0 Å². The lowest BCUT2D eigenvalue weighted by Crippen LogP contribution is -2.57. The number of nitrogen functional groups attached to an aromatic ring is 1. The first-order valence-corrected chi connectivity index (χ1v) is 7.07. The van der Waals surface area contributed by atoms with Crippen LogP contribution < -0.4 is 16.0 Å². The second-order valence-electron chi connectivity index (χ2n) is 5.48. The maximum Gasteiger partial charge on any atom is 0.257 e. The molecule has 0 bridgehead atoms. The molecule has 1 aromatic heterocycles. The molecule has 0 spiro atoms. The third kappa shape index (κ3) is 2.52. The quantitative estimate of drug-likeness (QED) is 0.832. The van der Waals surface area contributed by atoms with Crippen molar-refractivity contribution in [2.75, 3.05) is 44.4 Å². The number of nitrogens with two attached hydrogens (primary N) is 1. The number of hydrogen-bond acceptors (Lipinski definition) is 6. The fourth-order valence-corrected chi connectivity index (χ4v) is 3.10. The van der Waals surface area contributed by atoms with Crippen molar-refractivity contribution in [3.05, 3.63) is 5.56 Å². The highest BCUT2D eigenvalue weighted by Crippen LogP contribution is 2.33. The lowest BCUT2D eigenvalue weighted by Gasteiger charge is -2.45. The van der Waals surface area contributed by atoms with Gasteiger partial charge in [0.15, 0.2) is 5.82 Å². The average molecular weight is 283 g/mol. The van der Waals surface area contributed by atoms with Gasteiger partial charge < -0.3 is 16.0 Å². The Morgan fingerprint density at radius 2 is 2.16 bits per heavy atom. The van der Waals surface area contributed by atoms with Crippen LogP contribution >= 0.6 is 11.5 Å². The van der Waals surface area contributed by atoms with E-state index in [0.717, 1.165) is 24.6 Å². The Bertz CT molecular complexity index is 484. The van der Waals surface area contributed by atoms with E-state index in [0.29, 0.717) is 11.4 Å². The van der Waals surface area contributed by atoms with E-state index in [9.17, 15) is 4.79 Å². The van der Waals surface area contributed by atoms with Gasteiger partial charge in [0.2, 0.25) is 0 Å². The van der Waals surface area contributed by atoms with Crippen LogP contribution in [-0.4, -0.2) is 54.4 Å². The molecule has 1 aliphatic rings. The molecule has 1 aliphatic heterocycles. The Balaban J connectivity index is 2.31. The Morgan fingerprint density at radius 1 is 1.47 bits per heavy atom. The number of nitrogens with zero attached hydrogens (tertiary/aromatic N) is 3. The number of hydrogen-bond donors (Lipinski definition) is 2. The van der Waals surface area contributed by atoms with Crippen LogP contribution in [0.5, 0.6) is 0 Å². The summed E-state index contributed by atoms with van der Waals surface area (Å²) in [4.78, 5) is 16.5. The van der Waals surface area contributed by atoms with Gasteiger partial charge in [0.05, 0.1) is 0 Å². The van der Waals surface area contributed by atoms with Crippen LogP contribution in [-0.2, 0) is 0 Å². The number of aromatic nitrogens is 1. The summed E-state index contributed by atoms with van der Waals surface area (Å²) in [6, 6.07) is 0. The molecule has 1 saturated heterocycles. The smallest absolute Gasteiger partial charge is 0.257 e. The number of anilines is 2. The summed E-state index contributed by atoms with van der Waals surface area (Å²) >= 11 is 1.30. The summed E-state index contributed by atoms with van der Waals surface area (Å²) in [5.74, 6) is 0.147. The normalized spacial score (nSPS) is 19.5. The van der Waals surface area contributed by atoms with Gasteiger partial charge in [-0.25, -0.2) is 0 Å². The molecule has 7 heteroatoms. The molecule has 106 valence electrons. The fourth-order valence-electron chi connectivity index (χ4n) is 2.26.